The highest BCUT2D eigenvalue weighted by Crippen LogP contribution is 2.33. The zero-order chi connectivity index (χ0) is 23.4. The maximum Gasteiger partial charge on any atom is 0.262 e. The van der Waals surface area contributed by atoms with Crippen molar-refractivity contribution in [2.24, 2.45) is 0 Å². The van der Waals surface area contributed by atoms with Crippen LogP contribution in [0.3, 0.4) is 0 Å². The summed E-state index contributed by atoms with van der Waals surface area (Å²) in [7, 11) is -0.819. The summed E-state index contributed by atoms with van der Waals surface area (Å²) >= 11 is 0. The Morgan fingerprint density at radius 3 is 2.18 bits per heavy atom. The lowest BCUT2D eigenvalue weighted by molar-refractivity contribution is 0.102. The number of nitrogens with one attached hydrogen (secondary N) is 2. The van der Waals surface area contributed by atoms with E-state index in [0.29, 0.717) is 53.2 Å². The van der Waals surface area contributed by atoms with Crippen molar-refractivity contribution in [3.05, 3.63) is 66.2 Å². The van der Waals surface area contributed by atoms with Gasteiger partial charge in [0.05, 0.1) is 19.1 Å². The third-order valence-corrected chi connectivity index (χ3v) is 6.24. The van der Waals surface area contributed by atoms with Crippen molar-refractivity contribution in [3.8, 4) is 23.0 Å². The lowest BCUT2D eigenvalue weighted by Crippen LogP contribution is -2.17. The first-order chi connectivity index (χ1) is 15.9. The van der Waals surface area contributed by atoms with Crippen LogP contribution in [0, 0.1) is 0 Å². The zero-order valence-corrected chi connectivity index (χ0v) is 18.8. The summed E-state index contributed by atoms with van der Waals surface area (Å²) in [6.07, 6.45) is 0. The van der Waals surface area contributed by atoms with Crippen LogP contribution in [0.25, 0.3) is 0 Å². The summed E-state index contributed by atoms with van der Waals surface area (Å²) in [5, 5.41) is 2.77. The summed E-state index contributed by atoms with van der Waals surface area (Å²) in [4.78, 5) is 12.6. The summed E-state index contributed by atoms with van der Waals surface area (Å²) in [6, 6.07) is 15.5. The molecule has 1 aliphatic heterocycles. The van der Waals surface area contributed by atoms with Gasteiger partial charge in [-0.3, -0.25) is 9.52 Å². The van der Waals surface area contributed by atoms with Gasteiger partial charge in [-0.2, -0.15) is 0 Å². The lowest BCUT2D eigenvalue weighted by Gasteiger charge is -2.19. The number of fused-ring (bicyclic) bond motifs is 1. The number of amides is 1. The maximum absolute atomic E-state index is 12.8. The van der Waals surface area contributed by atoms with Crippen molar-refractivity contribution in [1.82, 2.24) is 0 Å². The molecule has 0 bridgehead atoms. The molecule has 4 rings (SSSR count). The molecule has 0 fully saturated rings. The number of hydrogen-bond acceptors (Lipinski definition) is 7. The monoisotopic (exact) mass is 470 g/mol. The molecule has 0 saturated carbocycles. The van der Waals surface area contributed by atoms with Crippen LogP contribution < -0.4 is 29.0 Å². The predicted molar refractivity (Wildman–Crippen MR) is 122 cm³/mol. The molecule has 0 spiro atoms. The average Bonchev–Trinajstić information content (AvgIpc) is 2.83. The van der Waals surface area contributed by atoms with E-state index in [1.807, 2.05) is 0 Å². The number of sulfonamides is 1. The smallest absolute Gasteiger partial charge is 0.262 e. The second-order valence-corrected chi connectivity index (χ2v) is 8.69. The van der Waals surface area contributed by atoms with Crippen molar-refractivity contribution >= 4 is 27.3 Å². The zero-order valence-electron chi connectivity index (χ0n) is 18.0. The van der Waals surface area contributed by atoms with Crippen LogP contribution in [0.4, 0.5) is 11.4 Å². The summed E-state index contributed by atoms with van der Waals surface area (Å²) < 4.78 is 49.3. The topological polar surface area (TPSA) is 112 Å². The molecule has 9 nitrogen and oxygen atoms in total. The van der Waals surface area contributed by atoms with E-state index in [9.17, 15) is 13.2 Å². The fourth-order valence-electron chi connectivity index (χ4n) is 3.21. The van der Waals surface area contributed by atoms with Crippen LogP contribution >= 0.6 is 0 Å². The molecule has 172 valence electrons. The molecule has 1 heterocycles. The number of carbonyl (C=O) groups is 1. The molecule has 0 atom stereocenters. The molecule has 2 N–H and O–H groups in total. The van der Waals surface area contributed by atoms with E-state index >= 15 is 0 Å². The number of ether oxygens (including phenoxy) is 4. The molecule has 0 aliphatic carbocycles. The minimum Gasteiger partial charge on any atom is -0.493 e. The highest BCUT2D eigenvalue weighted by Gasteiger charge is 2.20. The van der Waals surface area contributed by atoms with Crippen molar-refractivity contribution in [2.45, 2.75) is 4.90 Å². The van der Waals surface area contributed by atoms with E-state index in [1.54, 1.807) is 24.3 Å². The molecule has 3 aromatic rings. The highest BCUT2D eigenvalue weighted by atomic mass is 32.2. The molecule has 0 unspecified atom stereocenters. The Morgan fingerprint density at radius 1 is 0.818 bits per heavy atom. The van der Waals surface area contributed by atoms with Gasteiger partial charge in [-0.25, -0.2) is 8.42 Å². The van der Waals surface area contributed by atoms with Gasteiger partial charge in [0, 0.05) is 29.1 Å². The van der Waals surface area contributed by atoms with Crippen molar-refractivity contribution in [1.29, 1.82) is 0 Å². The van der Waals surface area contributed by atoms with Gasteiger partial charge in [0.25, 0.3) is 15.9 Å². The second-order valence-electron chi connectivity index (χ2n) is 7.01. The third kappa shape index (κ3) is 4.96. The van der Waals surface area contributed by atoms with Crippen LogP contribution in [-0.4, -0.2) is 41.8 Å². The van der Waals surface area contributed by atoms with Crippen LogP contribution in [0.2, 0.25) is 0 Å². The van der Waals surface area contributed by atoms with E-state index in [-0.39, 0.29) is 10.8 Å². The van der Waals surface area contributed by atoms with Crippen LogP contribution in [-0.2, 0) is 10.0 Å². The van der Waals surface area contributed by atoms with E-state index in [4.69, 9.17) is 18.9 Å². The van der Waals surface area contributed by atoms with Gasteiger partial charge in [0.2, 0.25) is 0 Å². The van der Waals surface area contributed by atoms with E-state index < -0.39 is 10.0 Å². The van der Waals surface area contributed by atoms with Gasteiger partial charge >= 0.3 is 0 Å². The molecular formula is C23H22N2O7S. The largest absolute Gasteiger partial charge is 0.493 e. The molecule has 10 heteroatoms. The van der Waals surface area contributed by atoms with E-state index in [1.165, 1.54) is 50.6 Å². The number of benzene rings is 3. The molecule has 33 heavy (non-hydrogen) atoms. The van der Waals surface area contributed by atoms with Gasteiger partial charge in [0.15, 0.2) is 23.0 Å². The minimum absolute atomic E-state index is 0.0435. The predicted octanol–water partition coefficient (Wildman–Crippen LogP) is 3.53. The Hall–Kier alpha value is -3.92. The third-order valence-electron chi connectivity index (χ3n) is 4.86. The Morgan fingerprint density at radius 2 is 1.48 bits per heavy atom. The molecule has 0 saturated heterocycles. The van der Waals surface area contributed by atoms with Gasteiger partial charge in [-0.05, 0) is 48.5 Å². The van der Waals surface area contributed by atoms with Crippen LogP contribution in [0.5, 0.6) is 23.0 Å². The number of methoxy groups -OCH3 is 2. The fraction of sp³-hybridized carbons (Fsp3) is 0.174. The summed E-state index contributed by atoms with van der Waals surface area (Å²) in [5.74, 6) is 1.56. The molecule has 1 aliphatic rings. The first-order valence-corrected chi connectivity index (χ1v) is 11.4. The molecule has 0 radical (unpaired) electrons. The summed E-state index contributed by atoms with van der Waals surface area (Å²) in [6.45, 7) is 0.778. The second kappa shape index (κ2) is 9.29. The van der Waals surface area contributed by atoms with Crippen molar-refractivity contribution in [2.75, 3.05) is 37.5 Å². The van der Waals surface area contributed by atoms with Gasteiger partial charge in [0.1, 0.15) is 13.2 Å². The number of rotatable bonds is 7. The molecule has 3 aromatic carbocycles. The first kappa shape index (κ1) is 22.3. The SMILES string of the molecule is COc1ccc(NC(=O)c2ccc(NS(=O)(=O)c3ccc4c(c3)OCCO4)cc2)cc1OC. The number of carbonyl (C=O) groups excluding carboxylic acids is 1. The Bertz CT molecular complexity index is 1270. The van der Waals surface area contributed by atoms with Crippen molar-refractivity contribution < 1.29 is 32.2 Å². The molecular weight excluding hydrogens is 448 g/mol. The highest BCUT2D eigenvalue weighted by molar-refractivity contribution is 7.92. The van der Waals surface area contributed by atoms with Crippen molar-refractivity contribution in [3.63, 3.8) is 0 Å². The van der Waals surface area contributed by atoms with Gasteiger partial charge in [-0.1, -0.05) is 0 Å². The first-order valence-electron chi connectivity index (χ1n) is 9.95. The standard InChI is InChI=1S/C23H22N2O7S/c1-29-19-9-7-17(13-21(19)30-2)24-23(26)15-3-5-16(6-4-15)25-33(27,28)18-8-10-20-22(14-18)32-12-11-31-20/h3-10,13-14,25H,11-12H2,1-2H3,(H,24,26). The quantitative estimate of drug-likeness (QED) is 0.543. The minimum atomic E-state index is -3.85. The summed E-state index contributed by atoms with van der Waals surface area (Å²) in [5.41, 5.74) is 1.20. The number of hydrogen-bond donors (Lipinski definition) is 2. The average molecular weight is 471 g/mol. The number of anilines is 2. The fourth-order valence-corrected chi connectivity index (χ4v) is 4.29. The van der Waals surface area contributed by atoms with E-state index in [2.05, 4.69) is 10.0 Å². The molecule has 0 aromatic heterocycles. The molecule has 1 amide bonds. The van der Waals surface area contributed by atoms with Gasteiger partial charge < -0.3 is 24.3 Å². The van der Waals surface area contributed by atoms with Gasteiger partial charge in [-0.15, -0.1) is 0 Å². The van der Waals surface area contributed by atoms with Crippen LogP contribution in [0.1, 0.15) is 10.4 Å². The normalized spacial score (nSPS) is 12.5. The Labute approximate surface area is 191 Å². The lowest BCUT2D eigenvalue weighted by atomic mass is 10.2. The Balaban J connectivity index is 1.45. The van der Waals surface area contributed by atoms with Crippen LogP contribution in [0.15, 0.2) is 65.6 Å². The Kier molecular flexibility index (Phi) is 6.27. The van der Waals surface area contributed by atoms with E-state index in [0.717, 1.165) is 0 Å². The maximum atomic E-state index is 12.8.